The lowest BCUT2D eigenvalue weighted by Gasteiger charge is -2.28. The van der Waals surface area contributed by atoms with Crippen molar-refractivity contribution in [3.8, 4) is 0 Å². The molecule has 1 saturated heterocycles. The van der Waals surface area contributed by atoms with E-state index in [9.17, 15) is 19.2 Å². The average Bonchev–Trinajstić information content (AvgIpc) is 3.17. The SMILES string of the molecule is O=C(COC(=O)c1ccc(N2C(=O)[C@@H]3CC[C@@H](c4ccccc4)C[C@H]3C2=O)cc1)Nc1cccc(Cl)c1. The quantitative estimate of drug-likeness (QED) is 0.358. The van der Waals surface area contributed by atoms with E-state index in [2.05, 4.69) is 17.4 Å². The van der Waals surface area contributed by atoms with Crippen LogP contribution in [-0.2, 0) is 19.1 Å². The van der Waals surface area contributed by atoms with E-state index in [0.717, 1.165) is 6.42 Å². The second-order valence-electron chi connectivity index (χ2n) is 9.33. The molecule has 5 rings (SSSR count). The molecule has 0 radical (unpaired) electrons. The highest BCUT2D eigenvalue weighted by Gasteiger charge is 2.50. The van der Waals surface area contributed by atoms with E-state index in [1.807, 2.05) is 18.2 Å². The van der Waals surface area contributed by atoms with Crippen molar-refractivity contribution in [2.24, 2.45) is 11.8 Å². The number of benzene rings is 3. The number of nitrogens with zero attached hydrogens (tertiary/aromatic N) is 1. The number of nitrogens with one attached hydrogen (secondary N) is 1. The van der Waals surface area contributed by atoms with Crippen molar-refractivity contribution in [1.82, 2.24) is 0 Å². The Kier molecular flexibility index (Phi) is 7.06. The standard InChI is InChI=1S/C29H25ClN2O5/c30-21-7-4-8-22(16-21)31-26(33)17-37-29(36)19-9-12-23(13-10-19)32-27(34)24-14-11-20(15-25(24)28(32)35)18-5-2-1-3-6-18/h1-10,12-13,16,20,24-25H,11,14-15,17H2,(H,31,33)/t20-,24-,25-/m1/s1. The van der Waals surface area contributed by atoms with Crippen molar-refractivity contribution in [2.75, 3.05) is 16.8 Å². The lowest BCUT2D eigenvalue weighted by Crippen LogP contribution is -2.30. The van der Waals surface area contributed by atoms with Crippen LogP contribution in [0.5, 0.6) is 0 Å². The van der Waals surface area contributed by atoms with E-state index in [0.29, 0.717) is 29.2 Å². The number of esters is 1. The first-order valence-corrected chi connectivity index (χ1v) is 12.5. The Hall–Kier alpha value is -3.97. The van der Waals surface area contributed by atoms with Crippen LogP contribution in [0.25, 0.3) is 0 Å². The molecule has 7 nitrogen and oxygen atoms in total. The fourth-order valence-electron chi connectivity index (χ4n) is 5.19. The van der Waals surface area contributed by atoms with Gasteiger partial charge in [0, 0.05) is 10.7 Å². The summed E-state index contributed by atoms with van der Waals surface area (Å²) in [5.74, 6) is -1.96. The van der Waals surface area contributed by atoms with Gasteiger partial charge < -0.3 is 10.1 Å². The number of rotatable bonds is 6. The molecule has 1 aliphatic carbocycles. The van der Waals surface area contributed by atoms with Gasteiger partial charge in [-0.15, -0.1) is 0 Å². The predicted molar refractivity (Wildman–Crippen MR) is 139 cm³/mol. The van der Waals surface area contributed by atoms with Gasteiger partial charge in [0.05, 0.1) is 23.1 Å². The third-order valence-electron chi connectivity index (χ3n) is 7.00. The number of imide groups is 1. The molecule has 3 aromatic rings. The van der Waals surface area contributed by atoms with E-state index in [-0.39, 0.29) is 35.1 Å². The van der Waals surface area contributed by atoms with E-state index < -0.39 is 18.5 Å². The molecule has 3 atom stereocenters. The first-order valence-electron chi connectivity index (χ1n) is 12.2. The van der Waals surface area contributed by atoms with Crippen molar-refractivity contribution in [3.63, 3.8) is 0 Å². The van der Waals surface area contributed by atoms with E-state index >= 15 is 0 Å². The minimum atomic E-state index is -0.689. The van der Waals surface area contributed by atoms with Crippen molar-refractivity contribution in [1.29, 1.82) is 0 Å². The largest absolute Gasteiger partial charge is 0.452 e. The van der Waals surface area contributed by atoms with Gasteiger partial charge in [-0.25, -0.2) is 4.79 Å². The zero-order chi connectivity index (χ0) is 25.9. The maximum absolute atomic E-state index is 13.3. The number of ether oxygens (including phenoxy) is 1. The zero-order valence-corrected chi connectivity index (χ0v) is 20.7. The molecule has 8 heteroatoms. The number of fused-ring (bicyclic) bond motifs is 1. The Balaban J connectivity index is 1.20. The average molecular weight is 517 g/mol. The van der Waals surface area contributed by atoms with Gasteiger partial charge in [-0.3, -0.25) is 19.3 Å². The molecule has 2 aliphatic rings. The van der Waals surface area contributed by atoms with Crippen molar-refractivity contribution in [3.05, 3.63) is 95.0 Å². The van der Waals surface area contributed by atoms with Gasteiger partial charge in [0.1, 0.15) is 0 Å². The number of anilines is 2. The minimum Gasteiger partial charge on any atom is -0.452 e. The van der Waals surface area contributed by atoms with Crippen LogP contribution in [-0.4, -0.2) is 30.3 Å². The second-order valence-corrected chi connectivity index (χ2v) is 9.76. The highest BCUT2D eigenvalue weighted by Crippen LogP contribution is 2.45. The van der Waals surface area contributed by atoms with Crippen LogP contribution in [0.15, 0.2) is 78.9 Å². The Labute approximate surface area is 219 Å². The van der Waals surface area contributed by atoms with Gasteiger partial charge in [-0.1, -0.05) is 48.0 Å². The second kappa shape index (κ2) is 10.6. The Morgan fingerprint density at radius 3 is 2.35 bits per heavy atom. The third-order valence-corrected chi connectivity index (χ3v) is 7.24. The molecule has 2 fully saturated rings. The maximum atomic E-state index is 13.3. The van der Waals surface area contributed by atoms with Crippen LogP contribution >= 0.6 is 11.6 Å². The monoisotopic (exact) mass is 516 g/mol. The van der Waals surface area contributed by atoms with Crippen molar-refractivity contribution >= 4 is 46.7 Å². The first kappa shape index (κ1) is 24.7. The molecule has 3 aromatic carbocycles. The maximum Gasteiger partial charge on any atom is 0.338 e. The molecule has 188 valence electrons. The summed E-state index contributed by atoms with van der Waals surface area (Å²) in [6.45, 7) is -0.470. The van der Waals surface area contributed by atoms with Gasteiger partial charge in [0.2, 0.25) is 11.8 Å². The molecule has 37 heavy (non-hydrogen) atoms. The summed E-state index contributed by atoms with van der Waals surface area (Å²) in [5.41, 5.74) is 2.33. The van der Waals surface area contributed by atoms with E-state index in [1.54, 1.807) is 36.4 Å². The lowest BCUT2D eigenvalue weighted by atomic mass is 9.73. The lowest BCUT2D eigenvalue weighted by molar-refractivity contribution is -0.122. The molecule has 0 unspecified atom stereocenters. The number of carbonyl (C=O) groups is 4. The summed E-state index contributed by atoms with van der Waals surface area (Å²) in [4.78, 5) is 52.1. The Morgan fingerprint density at radius 2 is 1.62 bits per heavy atom. The predicted octanol–water partition coefficient (Wildman–Crippen LogP) is 5.21. The highest BCUT2D eigenvalue weighted by atomic mass is 35.5. The molecule has 1 aliphatic heterocycles. The van der Waals surface area contributed by atoms with Crippen molar-refractivity contribution < 1.29 is 23.9 Å². The topological polar surface area (TPSA) is 92.8 Å². The third kappa shape index (κ3) is 5.27. The summed E-state index contributed by atoms with van der Waals surface area (Å²) in [6, 6.07) is 22.8. The Morgan fingerprint density at radius 1 is 0.892 bits per heavy atom. The van der Waals surface area contributed by atoms with Crippen LogP contribution in [0.3, 0.4) is 0 Å². The van der Waals surface area contributed by atoms with Gasteiger partial charge >= 0.3 is 5.97 Å². The molecule has 0 bridgehead atoms. The normalized spacial score (nSPS) is 20.9. The van der Waals surface area contributed by atoms with Gasteiger partial charge in [-0.2, -0.15) is 0 Å². The van der Waals surface area contributed by atoms with Crippen LogP contribution < -0.4 is 10.2 Å². The number of hydrogen-bond acceptors (Lipinski definition) is 5. The van der Waals surface area contributed by atoms with Gasteiger partial charge in [0.15, 0.2) is 6.61 Å². The minimum absolute atomic E-state index is 0.186. The fraction of sp³-hybridized carbons (Fsp3) is 0.241. The van der Waals surface area contributed by atoms with Crippen LogP contribution in [0.4, 0.5) is 11.4 Å². The van der Waals surface area contributed by atoms with E-state index in [1.165, 1.54) is 22.6 Å². The van der Waals surface area contributed by atoms with Gasteiger partial charge in [-0.05, 0) is 73.2 Å². The summed E-state index contributed by atoms with van der Waals surface area (Å²) >= 11 is 5.90. The summed E-state index contributed by atoms with van der Waals surface area (Å²) in [6.07, 6.45) is 2.19. The number of carbonyl (C=O) groups excluding carboxylic acids is 4. The summed E-state index contributed by atoms with van der Waals surface area (Å²) in [5, 5.41) is 3.07. The zero-order valence-electron chi connectivity index (χ0n) is 19.9. The number of hydrogen-bond donors (Lipinski definition) is 1. The Bertz CT molecular complexity index is 1340. The van der Waals surface area contributed by atoms with Gasteiger partial charge in [0.25, 0.3) is 5.91 Å². The molecule has 0 aromatic heterocycles. The summed E-state index contributed by atoms with van der Waals surface area (Å²) < 4.78 is 5.10. The molecule has 3 amide bonds. The molecular formula is C29H25ClN2O5. The molecule has 1 heterocycles. The van der Waals surface area contributed by atoms with Crippen molar-refractivity contribution in [2.45, 2.75) is 25.2 Å². The molecule has 1 saturated carbocycles. The van der Waals surface area contributed by atoms with Crippen LogP contribution in [0, 0.1) is 11.8 Å². The molecule has 1 N–H and O–H groups in total. The first-order chi connectivity index (χ1) is 17.9. The summed E-state index contributed by atoms with van der Waals surface area (Å²) in [7, 11) is 0. The smallest absolute Gasteiger partial charge is 0.338 e. The van der Waals surface area contributed by atoms with E-state index in [4.69, 9.17) is 16.3 Å². The fourth-order valence-corrected chi connectivity index (χ4v) is 5.38. The highest BCUT2D eigenvalue weighted by molar-refractivity contribution is 6.30. The number of amides is 3. The molecule has 0 spiro atoms. The number of halogens is 1. The van der Waals surface area contributed by atoms with Crippen LogP contribution in [0.2, 0.25) is 5.02 Å². The van der Waals surface area contributed by atoms with Crippen LogP contribution in [0.1, 0.15) is 41.1 Å². The molecular weight excluding hydrogens is 492 g/mol.